The third-order valence-electron chi connectivity index (χ3n) is 4.22. The zero-order valence-corrected chi connectivity index (χ0v) is 17.1. The molecule has 1 aromatic heterocycles. The minimum atomic E-state index is -0.528. The average molecular weight is 410 g/mol. The Bertz CT molecular complexity index is 1110. The van der Waals surface area contributed by atoms with Crippen LogP contribution in [0.4, 0.5) is 4.79 Å². The molecule has 150 valence electrons. The van der Waals surface area contributed by atoms with Crippen LogP contribution >= 0.6 is 11.8 Å². The largest absolute Gasteiger partial charge is 0.338 e. The van der Waals surface area contributed by atoms with Crippen molar-refractivity contribution in [2.75, 3.05) is 12.3 Å². The van der Waals surface area contributed by atoms with Crippen molar-refractivity contribution in [2.24, 2.45) is 0 Å². The number of aryl methyl sites for hydroxylation is 1. The van der Waals surface area contributed by atoms with Crippen LogP contribution < -0.4 is 16.2 Å². The van der Waals surface area contributed by atoms with E-state index in [1.807, 2.05) is 44.2 Å². The Kier molecular flexibility index (Phi) is 6.66. The Morgan fingerprint density at radius 2 is 1.83 bits per heavy atom. The van der Waals surface area contributed by atoms with Gasteiger partial charge in [-0.1, -0.05) is 49.0 Å². The first kappa shape index (κ1) is 20.6. The fourth-order valence-corrected chi connectivity index (χ4v) is 3.62. The van der Waals surface area contributed by atoms with E-state index in [1.54, 1.807) is 18.2 Å². The van der Waals surface area contributed by atoms with Crippen LogP contribution in [0.5, 0.6) is 0 Å². The summed E-state index contributed by atoms with van der Waals surface area (Å²) in [4.78, 5) is 41.6. The van der Waals surface area contributed by atoms with E-state index in [2.05, 4.69) is 15.6 Å². The topological polar surface area (TPSA) is 93.1 Å². The number of hydrogen-bond donors (Lipinski definition) is 2. The van der Waals surface area contributed by atoms with Crippen LogP contribution in [0, 0.1) is 6.92 Å². The van der Waals surface area contributed by atoms with E-state index in [0.29, 0.717) is 28.3 Å². The SMILES string of the molecule is CCCNC(=O)NC(=O)CSc1nc2ccccc2c(=O)n1-c1ccccc1C. The van der Waals surface area contributed by atoms with Crippen molar-refractivity contribution < 1.29 is 9.59 Å². The number of urea groups is 1. The number of nitrogens with zero attached hydrogens (tertiary/aromatic N) is 2. The van der Waals surface area contributed by atoms with Crippen LogP contribution in [-0.4, -0.2) is 33.8 Å². The van der Waals surface area contributed by atoms with Gasteiger partial charge in [-0.2, -0.15) is 0 Å². The van der Waals surface area contributed by atoms with Crippen LogP contribution in [0.15, 0.2) is 58.5 Å². The van der Waals surface area contributed by atoms with Gasteiger partial charge in [0.1, 0.15) is 0 Å². The highest BCUT2D eigenvalue weighted by Gasteiger charge is 2.16. The van der Waals surface area contributed by atoms with Gasteiger partial charge in [0, 0.05) is 6.54 Å². The first-order valence-electron chi connectivity index (χ1n) is 9.29. The fraction of sp³-hybridized carbons (Fsp3) is 0.238. The van der Waals surface area contributed by atoms with Gasteiger partial charge < -0.3 is 5.32 Å². The number of thioether (sulfide) groups is 1. The molecule has 0 saturated carbocycles. The molecule has 3 amide bonds. The highest BCUT2D eigenvalue weighted by atomic mass is 32.2. The molecule has 0 aliphatic rings. The monoisotopic (exact) mass is 410 g/mol. The van der Waals surface area contributed by atoms with Crippen molar-refractivity contribution in [3.05, 3.63) is 64.4 Å². The maximum Gasteiger partial charge on any atom is 0.321 e. The lowest BCUT2D eigenvalue weighted by Crippen LogP contribution is -2.40. The van der Waals surface area contributed by atoms with Crippen LogP contribution in [0.1, 0.15) is 18.9 Å². The minimum Gasteiger partial charge on any atom is -0.338 e. The maximum absolute atomic E-state index is 13.2. The van der Waals surface area contributed by atoms with Gasteiger partial charge in [0.15, 0.2) is 5.16 Å². The van der Waals surface area contributed by atoms with Crippen molar-refractivity contribution in [2.45, 2.75) is 25.4 Å². The summed E-state index contributed by atoms with van der Waals surface area (Å²) in [6, 6.07) is 14.1. The maximum atomic E-state index is 13.2. The van der Waals surface area contributed by atoms with Gasteiger partial charge in [-0.05, 0) is 37.1 Å². The van der Waals surface area contributed by atoms with E-state index in [0.717, 1.165) is 23.7 Å². The Labute approximate surface area is 172 Å². The molecule has 0 fully saturated rings. The number of rotatable bonds is 6. The quantitative estimate of drug-likeness (QED) is 0.481. The van der Waals surface area contributed by atoms with Crippen LogP contribution in [0.2, 0.25) is 0 Å². The molecule has 0 bridgehead atoms. The minimum absolute atomic E-state index is 0.0454. The molecule has 8 heteroatoms. The van der Waals surface area contributed by atoms with Gasteiger partial charge in [0.05, 0.1) is 22.3 Å². The zero-order valence-electron chi connectivity index (χ0n) is 16.3. The van der Waals surface area contributed by atoms with Gasteiger partial charge >= 0.3 is 6.03 Å². The summed E-state index contributed by atoms with van der Waals surface area (Å²) in [6.45, 7) is 4.33. The third-order valence-corrected chi connectivity index (χ3v) is 5.16. The number of carbonyl (C=O) groups is 2. The second-order valence-corrected chi connectivity index (χ2v) is 7.37. The standard InChI is InChI=1S/C21H22N4O3S/c1-3-12-22-20(28)24-18(26)13-29-21-23-16-10-6-5-9-15(16)19(27)25(21)17-11-7-4-8-14(17)2/h4-11H,3,12-13H2,1-2H3,(H2,22,24,26,28). The summed E-state index contributed by atoms with van der Waals surface area (Å²) >= 11 is 1.11. The van der Waals surface area contributed by atoms with E-state index >= 15 is 0 Å². The van der Waals surface area contributed by atoms with Crippen molar-refractivity contribution in [1.29, 1.82) is 0 Å². The molecule has 0 aliphatic heterocycles. The predicted octanol–water partition coefficient (Wildman–Crippen LogP) is 3.02. The fourth-order valence-electron chi connectivity index (χ4n) is 2.81. The molecule has 0 spiro atoms. The van der Waals surface area contributed by atoms with E-state index in [4.69, 9.17) is 0 Å². The second kappa shape index (κ2) is 9.38. The number of nitrogens with one attached hydrogen (secondary N) is 2. The summed E-state index contributed by atoms with van der Waals surface area (Å²) in [5.74, 6) is -0.502. The lowest BCUT2D eigenvalue weighted by molar-refractivity contribution is -0.117. The van der Waals surface area contributed by atoms with Crippen LogP contribution in [-0.2, 0) is 4.79 Å². The molecule has 0 saturated heterocycles. The molecular weight excluding hydrogens is 388 g/mol. The number of aromatic nitrogens is 2. The number of para-hydroxylation sites is 2. The van der Waals surface area contributed by atoms with E-state index < -0.39 is 11.9 Å². The summed E-state index contributed by atoms with van der Waals surface area (Å²) < 4.78 is 1.52. The molecule has 1 heterocycles. The molecule has 7 nitrogen and oxygen atoms in total. The number of hydrogen-bond acceptors (Lipinski definition) is 5. The van der Waals surface area contributed by atoms with E-state index in [-0.39, 0.29) is 11.3 Å². The molecule has 3 rings (SSSR count). The molecule has 0 atom stereocenters. The van der Waals surface area contributed by atoms with Gasteiger partial charge in [-0.15, -0.1) is 0 Å². The average Bonchev–Trinajstić information content (AvgIpc) is 2.72. The zero-order chi connectivity index (χ0) is 20.8. The third kappa shape index (κ3) is 4.83. The Morgan fingerprint density at radius 3 is 2.59 bits per heavy atom. The predicted molar refractivity (Wildman–Crippen MR) is 115 cm³/mol. The lowest BCUT2D eigenvalue weighted by Gasteiger charge is -2.15. The smallest absolute Gasteiger partial charge is 0.321 e. The number of benzene rings is 2. The Hall–Kier alpha value is -3.13. The van der Waals surface area contributed by atoms with Crippen molar-refractivity contribution in [3.8, 4) is 5.69 Å². The number of carbonyl (C=O) groups excluding carboxylic acids is 2. The summed E-state index contributed by atoms with van der Waals surface area (Å²) in [6.07, 6.45) is 0.778. The molecule has 0 radical (unpaired) electrons. The van der Waals surface area contributed by atoms with Gasteiger partial charge in [0.25, 0.3) is 5.56 Å². The number of imide groups is 1. The van der Waals surface area contributed by atoms with Crippen molar-refractivity contribution in [1.82, 2.24) is 20.2 Å². The second-order valence-electron chi connectivity index (χ2n) is 6.43. The lowest BCUT2D eigenvalue weighted by atomic mass is 10.2. The summed E-state index contributed by atoms with van der Waals surface area (Å²) in [5, 5.41) is 5.77. The molecule has 3 aromatic rings. The van der Waals surface area contributed by atoms with Gasteiger partial charge in [0.2, 0.25) is 5.91 Å². The van der Waals surface area contributed by atoms with E-state index in [1.165, 1.54) is 4.57 Å². The summed E-state index contributed by atoms with van der Waals surface area (Å²) in [7, 11) is 0. The van der Waals surface area contributed by atoms with Gasteiger partial charge in [-0.25, -0.2) is 9.78 Å². The molecule has 29 heavy (non-hydrogen) atoms. The summed E-state index contributed by atoms with van der Waals surface area (Å²) in [5.41, 5.74) is 1.98. The van der Waals surface area contributed by atoms with Crippen molar-refractivity contribution in [3.63, 3.8) is 0 Å². The highest BCUT2D eigenvalue weighted by molar-refractivity contribution is 7.99. The highest BCUT2D eigenvalue weighted by Crippen LogP contribution is 2.22. The van der Waals surface area contributed by atoms with Gasteiger partial charge in [-0.3, -0.25) is 19.5 Å². The Balaban J connectivity index is 1.93. The first-order chi connectivity index (χ1) is 14.0. The number of amides is 3. The molecule has 2 N–H and O–H groups in total. The number of fused-ring (bicyclic) bond motifs is 1. The van der Waals surface area contributed by atoms with Crippen LogP contribution in [0.3, 0.4) is 0 Å². The first-order valence-corrected chi connectivity index (χ1v) is 10.3. The van der Waals surface area contributed by atoms with Crippen LogP contribution in [0.25, 0.3) is 16.6 Å². The van der Waals surface area contributed by atoms with E-state index in [9.17, 15) is 14.4 Å². The molecule has 2 aromatic carbocycles. The van der Waals surface area contributed by atoms with Crippen molar-refractivity contribution >= 4 is 34.6 Å². The molecular formula is C21H22N4O3S. The molecule has 0 unspecified atom stereocenters. The molecule has 0 aliphatic carbocycles. The normalized spacial score (nSPS) is 10.7. The Morgan fingerprint density at radius 1 is 1.10 bits per heavy atom.